The molecule has 0 aliphatic heterocycles. The summed E-state index contributed by atoms with van der Waals surface area (Å²) in [4.78, 5) is 0.836. The molecule has 0 radical (unpaired) electrons. The average Bonchev–Trinajstić information content (AvgIpc) is 2.34. The van der Waals surface area contributed by atoms with Gasteiger partial charge in [0.05, 0.1) is 4.88 Å². The molecule has 1 aromatic rings. The highest BCUT2D eigenvalue weighted by Gasteiger charge is 2.02. The number of rotatable bonds is 1. The van der Waals surface area contributed by atoms with Crippen LogP contribution in [0.2, 0.25) is 0 Å². The first-order valence-corrected chi connectivity index (χ1v) is 3.65. The van der Waals surface area contributed by atoms with Crippen LogP contribution < -0.4 is 5.73 Å². The number of aryl methyl sites for hydroxylation is 1. The summed E-state index contributed by atoms with van der Waals surface area (Å²) >= 11 is 1.47. The highest BCUT2D eigenvalue weighted by atomic mass is 32.1. The fourth-order valence-electron chi connectivity index (χ4n) is 0.681. The van der Waals surface area contributed by atoms with Gasteiger partial charge in [-0.3, -0.25) is 0 Å². The Morgan fingerprint density at radius 1 is 1.80 bits per heavy atom. The second-order valence-corrected chi connectivity index (χ2v) is 2.83. The highest BCUT2D eigenvalue weighted by Crippen LogP contribution is 2.14. The third-order valence-corrected chi connectivity index (χ3v) is 2.24. The largest absolute Gasteiger partial charge is 0.409 e. The first kappa shape index (κ1) is 7.08. The molecule has 1 heterocycles. The fraction of sp³-hybridized carbons (Fsp3) is 0.167. The lowest BCUT2D eigenvalue weighted by molar-refractivity contribution is 0.319. The van der Waals surface area contributed by atoms with Crippen molar-refractivity contribution in [1.82, 2.24) is 0 Å². The Balaban J connectivity index is 3.05. The molecule has 1 aromatic heterocycles. The lowest BCUT2D eigenvalue weighted by Crippen LogP contribution is -2.11. The molecule has 0 amide bonds. The van der Waals surface area contributed by atoms with E-state index in [4.69, 9.17) is 10.9 Å². The van der Waals surface area contributed by atoms with Crippen molar-refractivity contribution in [2.45, 2.75) is 6.92 Å². The van der Waals surface area contributed by atoms with Crippen molar-refractivity contribution < 1.29 is 5.21 Å². The second kappa shape index (κ2) is 2.70. The van der Waals surface area contributed by atoms with Crippen LogP contribution in [0, 0.1) is 6.92 Å². The van der Waals surface area contributed by atoms with Crippen molar-refractivity contribution in [3.63, 3.8) is 0 Å². The summed E-state index contributed by atoms with van der Waals surface area (Å²) in [5.41, 5.74) is 6.39. The van der Waals surface area contributed by atoms with Crippen LogP contribution in [0.5, 0.6) is 0 Å². The SMILES string of the molecule is Cc1ccsc1/C(N)=N/O. The smallest absolute Gasteiger partial charge is 0.180 e. The summed E-state index contributed by atoms with van der Waals surface area (Å²) in [6, 6.07) is 1.93. The molecule has 0 bridgehead atoms. The van der Waals surface area contributed by atoms with Crippen LogP contribution in [0.3, 0.4) is 0 Å². The summed E-state index contributed by atoms with van der Waals surface area (Å²) in [5.74, 6) is 0.188. The standard InChI is InChI=1S/C6H8N2OS/c1-4-2-3-10-5(4)6(7)8-9/h2-3,9H,1H3,(H2,7,8). The number of hydrogen-bond acceptors (Lipinski definition) is 3. The van der Waals surface area contributed by atoms with Gasteiger partial charge >= 0.3 is 0 Å². The lowest BCUT2D eigenvalue weighted by atomic mass is 10.3. The Morgan fingerprint density at radius 2 is 2.50 bits per heavy atom. The van der Waals surface area contributed by atoms with Gasteiger partial charge in [0.25, 0.3) is 0 Å². The van der Waals surface area contributed by atoms with Crippen LogP contribution in [0.15, 0.2) is 16.6 Å². The fourth-order valence-corrected chi connectivity index (χ4v) is 1.50. The van der Waals surface area contributed by atoms with Gasteiger partial charge in [-0.1, -0.05) is 5.16 Å². The summed E-state index contributed by atoms with van der Waals surface area (Å²) in [7, 11) is 0. The zero-order chi connectivity index (χ0) is 7.56. The van der Waals surface area contributed by atoms with Crippen LogP contribution in [0.4, 0.5) is 0 Å². The molecular weight excluding hydrogens is 148 g/mol. The number of nitrogens with two attached hydrogens (primary N) is 1. The van der Waals surface area contributed by atoms with Gasteiger partial charge in [-0.2, -0.15) is 0 Å². The monoisotopic (exact) mass is 156 g/mol. The maximum absolute atomic E-state index is 8.30. The van der Waals surface area contributed by atoms with E-state index in [2.05, 4.69) is 5.16 Å². The van der Waals surface area contributed by atoms with Gasteiger partial charge in [-0.25, -0.2) is 0 Å². The van der Waals surface area contributed by atoms with Crippen molar-refractivity contribution in [2.75, 3.05) is 0 Å². The molecule has 0 unspecified atom stereocenters. The third-order valence-electron chi connectivity index (χ3n) is 1.20. The van der Waals surface area contributed by atoms with Gasteiger partial charge in [-0.05, 0) is 23.9 Å². The van der Waals surface area contributed by atoms with Crippen molar-refractivity contribution in [3.8, 4) is 0 Å². The molecule has 0 saturated carbocycles. The van der Waals surface area contributed by atoms with Crippen molar-refractivity contribution >= 4 is 17.2 Å². The van der Waals surface area contributed by atoms with Crippen LogP contribution >= 0.6 is 11.3 Å². The summed E-state index contributed by atoms with van der Waals surface area (Å²) in [6.07, 6.45) is 0. The predicted molar refractivity (Wildman–Crippen MR) is 41.6 cm³/mol. The Bertz CT molecular complexity index is 254. The van der Waals surface area contributed by atoms with E-state index in [9.17, 15) is 0 Å². The molecule has 10 heavy (non-hydrogen) atoms. The molecule has 54 valence electrons. The zero-order valence-corrected chi connectivity index (χ0v) is 6.35. The van der Waals surface area contributed by atoms with Crippen LogP contribution in [-0.4, -0.2) is 11.0 Å². The molecule has 0 aromatic carbocycles. The zero-order valence-electron chi connectivity index (χ0n) is 5.53. The van der Waals surface area contributed by atoms with Gasteiger partial charge in [0.2, 0.25) is 0 Å². The Kier molecular flexibility index (Phi) is 1.91. The van der Waals surface area contributed by atoms with Crippen LogP contribution in [-0.2, 0) is 0 Å². The van der Waals surface area contributed by atoms with Crippen molar-refractivity contribution in [3.05, 3.63) is 21.9 Å². The highest BCUT2D eigenvalue weighted by molar-refractivity contribution is 7.12. The van der Waals surface area contributed by atoms with Gasteiger partial charge in [-0.15, -0.1) is 11.3 Å². The molecule has 4 heteroatoms. The van der Waals surface area contributed by atoms with Gasteiger partial charge < -0.3 is 10.9 Å². The molecule has 0 fully saturated rings. The van der Waals surface area contributed by atoms with Crippen molar-refractivity contribution in [1.29, 1.82) is 0 Å². The van der Waals surface area contributed by atoms with Gasteiger partial charge in [0.15, 0.2) is 5.84 Å². The molecule has 0 atom stereocenters. The van der Waals surface area contributed by atoms with E-state index in [1.807, 2.05) is 18.4 Å². The maximum Gasteiger partial charge on any atom is 0.180 e. The molecular formula is C6H8N2OS. The van der Waals surface area contributed by atoms with E-state index >= 15 is 0 Å². The number of amidine groups is 1. The first-order valence-electron chi connectivity index (χ1n) is 2.77. The van der Waals surface area contributed by atoms with E-state index in [-0.39, 0.29) is 5.84 Å². The number of oxime groups is 1. The predicted octanol–water partition coefficient (Wildman–Crippen LogP) is 1.15. The number of hydrogen-bond donors (Lipinski definition) is 2. The molecule has 3 nitrogen and oxygen atoms in total. The molecule has 3 N–H and O–H groups in total. The molecule has 0 spiro atoms. The Labute approximate surface area is 62.8 Å². The summed E-state index contributed by atoms with van der Waals surface area (Å²) < 4.78 is 0. The minimum atomic E-state index is 0.188. The Morgan fingerprint density at radius 3 is 2.90 bits per heavy atom. The third kappa shape index (κ3) is 1.11. The quantitative estimate of drug-likeness (QED) is 0.277. The van der Waals surface area contributed by atoms with E-state index in [1.54, 1.807) is 0 Å². The first-order chi connectivity index (χ1) is 4.75. The average molecular weight is 156 g/mol. The van der Waals surface area contributed by atoms with Crippen LogP contribution in [0.25, 0.3) is 0 Å². The lowest BCUT2D eigenvalue weighted by Gasteiger charge is -1.92. The molecule has 0 saturated heterocycles. The van der Waals surface area contributed by atoms with Crippen LogP contribution in [0.1, 0.15) is 10.4 Å². The van der Waals surface area contributed by atoms with Gasteiger partial charge in [0.1, 0.15) is 0 Å². The normalized spacial score (nSPS) is 11.9. The maximum atomic E-state index is 8.30. The van der Waals surface area contributed by atoms with E-state index in [1.165, 1.54) is 11.3 Å². The van der Waals surface area contributed by atoms with E-state index < -0.39 is 0 Å². The summed E-state index contributed by atoms with van der Waals surface area (Å²) in [6.45, 7) is 1.92. The number of thiophene rings is 1. The topological polar surface area (TPSA) is 58.6 Å². The minimum Gasteiger partial charge on any atom is -0.409 e. The molecule has 0 aliphatic carbocycles. The second-order valence-electron chi connectivity index (χ2n) is 1.92. The van der Waals surface area contributed by atoms with Crippen molar-refractivity contribution in [2.24, 2.45) is 10.9 Å². The minimum absolute atomic E-state index is 0.188. The van der Waals surface area contributed by atoms with E-state index in [0.717, 1.165) is 10.4 Å². The molecule has 0 aliphatic rings. The Hall–Kier alpha value is -1.03. The van der Waals surface area contributed by atoms with Gasteiger partial charge in [0, 0.05) is 0 Å². The van der Waals surface area contributed by atoms with E-state index in [0.29, 0.717) is 0 Å². The summed E-state index contributed by atoms with van der Waals surface area (Å²) in [5, 5.41) is 13.1. The molecule has 1 rings (SSSR count). The number of nitrogens with zero attached hydrogens (tertiary/aromatic N) is 1.